The molecule has 2 saturated heterocycles. The first kappa shape index (κ1) is 15.9. The molecule has 0 aliphatic carbocycles. The molecule has 2 fully saturated rings. The molecule has 2 heterocycles. The van der Waals surface area contributed by atoms with Gasteiger partial charge < -0.3 is 9.80 Å². The van der Waals surface area contributed by atoms with Gasteiger partial charge in [-0.1, -0.05) is 24.3 Å². The summed E-state index contributed by atoms with van der Waals surface area (Å²) in [5.74, 6) is 0. The van der Waals surface area contributed by atoms with Gasteiger partial charge in [-0.3, -0.25) is 9.80 Å². The van der Waals surface area contributed by atoms with Crippen LogP contribution >= 0.6 is 0 Å². The number of likely N-dealkylation sites (N-methyl/N-ethyl adjacent to an activating group) is 2. The summed E-state index contributed by atoms with van der Waals surface area (Å²) in [5.41, 5.74) is 2.90. The summed E-state index contributed by atoms with van der Waals surface area (Å²) in [5, 5.41) is 0. The lowest BCUT2D eigenvalue weighted by atomic mass is 10.1. The summed E-state index contributed by atoms with van der Waals surface area (Å²) in [6.45, 7) is 11.8. The minimum Gasteiger partial charge on any atom is -0.304 e. The molecular formula is C18H30N4. The fraction of sp³-hybridized carbons (Fsp3) is 0.667. The van der Waals surface area contributed by atoms with Gasteiger partial charge in [-0.25, -0.2) is 0 Å². The number of hydrogen-bond acceptors (Lipinski definition) is 4. The lowest BCUT2D eigenvalue weighted by Crippen LogP contribution is -2.44. The Balaban J connectivity index is 1.47. The fourth-order valence-corrected chi connectivity index (χ4v) is 3.28. The Morgan fingerprint density at radius 2 is 0.909 bits per heavy atom. The first-order chi connectivity index (χ1) is 10.7. The van der Waals surface area contributed by atoms with Crippen molar-refractivity contribution in [3.63, 3.8) is 0 Å². The molecule has 1 aromatic carbocycles. The zero-order chi connectivity index (χ0) is 15.4. The molecule has 2 aliphatic rings. The van der Waals surface area contributed by atoms with E-state index in [9.17, 15) is 0 Å². The minimum atomic E-state index is 1.10. The molecule has 0 saturated carbocycles. The molecule has 4 nitrogen and oxygen atoms in total. The highest BCUT2D eigenvalue weighted by atomic mass is 15.2. The van der Waals surface area contributed by atoms with Crippen LogP contribution in [0.15, 0.2) is 24.3 Å². The highest BCUT2D eigenvalue weighted by Crippen LogP contribution is 2.12. The van der Waals surface area contributed by atoms with Crippen LogP contribution in [0.1, 0.15) is 11.1 Å². The molecule has 1 aromatic rings. The standard InChI is InChI=1S/C18H30N4/c1-19-7-11-21(12-8-19)15-17-3-5-18(6-4-17)16-22-13-9-20(2)10-14-22/h3-6H,7-16H2,1-2H3. The SMILES string of the molecule is CN1CCN(Cc2ccc(CN3CCN(C)CC3)cc2)CC1. The maximum absolute atomic E-state index is 2.56. The summed E-state index contributed by atoms with van der Waals surface area (Å²) < 4.78 is 0. The van der Waals surface area contributed by atoms with E-state index in [1.165, 1.54) is 63.5 Å². The molecule has 0 N–H and O–H groups in total. The van der Waals surface area contributed by atoms with Crippen LogP contribution in [-0.2, 0) is 13.1 Å². The number of hydrogen-bond donors (Lipinski definition) is 0. The van der Waals surface area contributed by atoms with E-state index in [1.54, 1.807) is 0 Å². The maximum atomic E-state index is 2.56. The molecule has 0 bridgehead atoms. The predicted octanol–water partition coefficient (Wildman–Crippen LogP) is 1.18. The number of piperazine rings is 2. The number of nitrogens with zero attached hydrogens (tertiary/aromatic N) is 4. The predicted molar refractivity (Wildman–Crippen MR) is 92.0 cm³/mol. The molecule has 3 rings (SSSR count). The molecule has 0 aromatic heterocycles. The molecule has 2 aliphatic heterocycles. The summed E-state index contributed by atoms with van der Waals surface area (Å²) in [6, 6.07) is 9.29. The quantitative estimate of drug-likeness (QED) is 0.828. The Morgan fingerprint density at radius 1 is 0.591 bits per heavy atom. The highest BCUT2D eigenvalue weighted by Gasteiger charge is 2.15. The van der Waals surface area contributed by atoms with E-state index in [1.807, 2.05) is 0 Å². The Kier molecular flexibility index (Phi) is 5.47. The summed E-state index contributed by atoms with van der Waals surface area (Å²) in [4.78, 5) is 9.95. The van der Waals surface area contributed by atoms with Gasteiger partial charge in [0.1, 0.15) is 0 Å². The molecule has 4 heteroatoms. The molecule has 0 spiro atoms. The minimum absolute atomic E-state index is 1.10. The van der Waals surface area contributed by atoms with Gasteiger partial charge in [-0.05, 0) is 25.2 Å². The van der Waals surface area contributed by atoms with E-state index in [-0.39, 0.29) is 0 Å². The van der Waals surface area contributed by atoms with Gasteiger partial charge in [-0.2, -0.15) is 0 Å². The molecule has 0 radical (unpaired) electrons. The molecule has 22 heavy (non-hydrogen) atoms. The van der Waals surface area contributed by atoms with E-state index in [2.05, 4.69) is 58.0 Å². The second-order valence-corrected chi connectivity index (χ2v) is 6.98. The monoisotopic (exact) mass is 302 g/mol. The van der Waals surface area contributed by atoms with Crippen molar-refractivity contribution in [2.45, 2.75) is 13.1 Å². The molecule has 122 valence electrons. The Morgan fingerprint density at radius 3 is 1.23 bits per heavy atom. The van der Waals surface area contributed by atoms with Crippen LogP contribution in [0.25, 0.3) is 0 Å². The zero-order valence-electron chi connectivity index (χ0n) is 14.2. The van der Waals surface area contributed by atoms with Crippen molar-refractivity contribution in [3.05, 3.63) is 35.4 Å². The van der Waals surface area contributed by atoms with Crippen molar-refractivity contribution in [1.82, 2.24) is 19.6 Å². The molecule has 0 atom stereocenters. The largest absolute Gasteiger partial charge is 0.304 e. The average molecular weight is 302 g/mol. The van der Waals surface area contributed by atoms with Crippen molar-refractivity contribution in [1.29, 1.82) is 0 Å². The van der Waals surface area contributed by atoms with Crippen molar-refractivity contribution in [2.75, 3.05) is 66.5 Å². The van der Waals surface area contributed by atoms with Gasteiger partial charge in [0, 0.05) is 65.4 Å². The van der Waals surface area contributed by atoms with E-state index in [4.69, 9.17) is 0 Å². The number of rotatable bonds is 4. The van der Waals surface area contributed by atoms with Gasteiger partial charge >= 0.3 is 0 Å². The van der Waals surface area contributed by atoms with Crippen LogP contribution in [0, 0.1) is 0 Å². The normalized spacial score (nSPS) is 23.0. The van der Waals surface area contributed by atoms with Crippen molar-refractivity contribution < 1.29 is 0 Å². The molecular weight excluding hydrogens is 272 g/mol. The fourth-order valence-electron chi connectivity index (χ4n) is 3.28. The summed E-state index contributed by atoms with van der Waals surface area (Å²) in [7, 11) is 4.43. The van der Waals surface area contributed by atoms with Gasteiger partial charge in [0.05, 0.1) is 0 Å². The Hall–Kier alpha value is -0.940. The van der Waals surface area contributed by atoms with Crippen LogP contribution in [-0.4, -0.2) is 86.1 Å². The zero-order valence-corrected chi connectivity index (χ0v) is 14.2. The van der Waals surface area contributed by atoms with E-state index >= 15 is 0 Å². The van der Waals surface area contributed by atoms with Gasteiger partial charge in [0.2, 0.25) is 0 Å². The van der Waals surface area contributed by atoms with Crippen molar-refractivity contribution in [3.8, 4) is 0 Å². The summed E-state index contributed by atoms with van der Waals surface area (Å²) in [6.07, 6.45) is 0. The van der Waals surface area contributed by atoms with Crippen LogP contribution in [0.2, 0.25) is 0 Å². The third kappa shape index (κ3) is 4.53. The summed E-state index contributed by atoms with van der Waals surface area (Å²) >= 11 is 0. The van der Waals surface area contributed by atoms with E-state index in [0.717, 1.165) is 13.1 Å². The third-order valence-corrected chi connectivity index (χ3v) is 5.03. The molecule has 0 unspecified atom stereocenters. The second kappa shape index (κ2) is 7.55. The van der Waals surface area contributed by atoms with Gasteiger partial charge in [0.25, 0.3) is 0 Å². The van der Waals surface area contributed by atoms with Crippen LogP contribution in [0.4, 0.5) is 0 Å². The van der Waals surface area contributed by atoms with Crippen LogP contribution in [0.3, 0.4) is 0 Å². The topological polar surface area (TPSA) is 13.0 Å². The van der Waals surface area contributed by atoms with Crippen molar-refractivity contribution in [2.24, 2.45) is 0 Å². The third-order valence-electron chi connectivity index (χ3n) is 5.03. The lowest BCUT2D eigenvalue weighted by molar-refractivity contribution is 0.147. The first-order valence-corrected chi connectivity index (χ1v) is 8.59. The molecule has 0 amide bonds. The van der Waals surface area contributed by atoms with Crippen LogP contribution in [0.5, 0.6) is 0 Å². The van der Waals surface area contributed by atoms with Gasteiger partial charge in [0.15, 0.2) is 0 Å². The van der Waals surface area contributed by atoms with Gasteiger partial charge in [-0.15, -0.1) is 0 Å². The van der Waals surface area contributed by atoms with E-state index < -0.39 is 0 Å². The van der Waals surface area contributed by atoms with Crippen molar-refractivity contribution >= 4 is 0 Å². The van der Waals surface area contributed by atoms with Crippen LogP contribution < -0.4 is 0 Å². The Bertz CT molecular complexity index is 400. The van der Waals surface area contributed by atoms with E-state index in [0.29, 0.717) is 0 Å². The second-order valence-electron chi connectivity index (χ2n) is 6.98. The smallest absolute Gasteiger partial charge is 0.0234 e. The maximum Gasteiger partial charge on any atom is 0.0234 e. The Labute approximate surface area is 135 Å². The highest BCUT2D eigenvalue weighted by molar-refractivity contribution is 5.22. The first-order valence-electron chi connectivity index (χ1n) is 8.59. The number of benzene rings is 1. The lowest BCUT2D eigenvalue weighted by Gasteiger charge is -2.33. The average Bonchev–Trinajstić information content (AvgIpc) is 2.54.